The first kappa shape index (κ1) is 29.2. The monoisotopic (exact) mass is 569 g/mol. The van der Waals surface area contributed by atoms with Crippen molar-refractivity contribution in [3.8, 4) is 0 Å². The van der Waals surface area contributed by atoms with Crippen LogP contribution in [0.15, 0.2) is 18.2 Å². The summed E-state index contributed by atoms with van der Waals surface area (Å²) in [4.78, 5) is 69.7. The molecule has 0 aliphatic carbocycles. The van der Waals surface area contributed by atoms with Gasteiger partial charge in [-0.05, 0) is 51.3 Å². The molecule has 12 heteroatoms. The lowest BCUT2D eigenvalue weighted by molar-refractivity contribution is -0.160. The number of fused-ring (bicyclic) bond motifs is 1. The molecule has 3 saturated heterocycles. The number of esters is 1. The molecule has 0 saturated carbocycles. The molecule has 1 aromatic carbocycles. The molecule has 1 unspecified atom stereocenters. The predicted octanol–water partition coefficient (Wildman–Crippen LogP) is 0.500. The van der Waals surface area contributed by atoms with E-state index in [4.69, 9.17) is 9.47 Å². The molecule has 1 atom stereocenters. The van der Waals surface area contributed by atoms with Gasteiger partial charge in [-0.15, -0.1) is 0 Å². The lowest BCUT2D eigenvalue weighted by atomic mass is 9.99. The van der Waals surface area contributed by atoms with Crippen LogP contribution in [-0.2, 0) is 23.9 Å². The smallest absolute Gasteiger partial charge is 0.332 e. The lowest BCUT2D eigenvalue weighted by Gasteiger charge is -2.44. The normalized spacial score (nSPS) is 22.6. The van der Waals surface area contributed by atoms with Crippen LogP contribution in [0.3, 0.4) is 0 Å². The number of carbonyl (C=O) groups excluding carboxylic acids is 5. The standard InChI is InChI=1S/C29H39N5O7/c1-29(2,3)41-25(36)18-40-13-12-32-16-19(17-32)15-31-8-10-33(11-9-31)20-4-5-21-22(14-20)28(39)34(27(21)38)23-6-7-24(35)30-26(23)37/h4-5,14,19,23H,6-13,15-18H2,1-3H3,(H,30,35,37). The highest BCUT2D eigenvalue weighted by Crippen LogP contribution is 2.31. The maximum atomic E-state index is 13.2. The third-order valence-corrected chi connectivity index (χ3v) is 7.90. The molecule has 3 fully saturated rings. The number of piperazine rings is 1. The molecule has 1 aromatic rings. The number of hydrogen-bond acceptors (Lipinski definition) is 10. The van der Waals surface area contributed by atoms with Gasteiger partial charge in [0.2, 0.25) is 11.8 Å². The molecule has 4 heterocycles. The summed E-state index contributed by atoms with van der Waals surface area (Å²) in [6.07, 6.45) is 0.244. The lowest BCUT2D eigenvalue weighted by Crippen LogP contribution is -2.55. The minimum Gasteiger partial charge on any atom is -0.458 e. The van der Waals surface area contributed by atoms with Crippen LogP contribution in [0.5, 0.6) is 0 Å². The van der Waals surface area contributed by atoms with Gasteiger partial charge in [-0.3, -0.25) is 34.3 Å². The van der Waals surface area contributed by atoms with Gasteiger partial charge >= 0.3 is 5.97 Å². The number of carbonyl (C=O) groups is 5. The molecule has 0 bridgehead atoms. The summed E-state index contributed by atoms with van der Waals surface area (Å²) < 4.78 is 10.7. The molecule has 4 aliphatic heterocycles. The first-order valence-corrected chi connectivity index (χ1v) is 14.3. The van der Waals surface area contributed by atoms with Crippen LogP contribution in [0, 0.1) is 5.92 Å². The maximum Gasteiger partial charge on any atom is 0.332 e. The summed E-state index contributed by atoms with van der Waals surface area (Å²) in [6, 6.07) is 4.33. The zero-order valence-corrected chi connectivity index (χ0v) is 24.0. The van der Waals surface area contributed by atoms with Gasteiger partial charge in [0.1, 0.15) is 18.2 Å². The van der Waals surface area contributed by atoms with Crippen LogP contribution < -0.4 is 10.2 Å². The Morgan fingerprint density at radius 2 is 1.68 bits per heavy atom. The van der Waals surface area contributed by atoms with Gasteiger partial charge in [0.05, 0.1) is 17.7 Å². The van der Waals surface area contributed by atoms with Crippen molar-refractivity contribution in [1.82, 2.24) is 20.0 Å². The number of amides is 4. The first-order valence-electron chi connectivity index (χ1n) is 14.3. The maximum absolute atomic E-state index is 13.2. The fourth-order valence-electron chi connectivity index (χ4n) is 5.90. The van der Waals surface area contributed by atoms with Crippen LogP contribution in [-0.4, -0.2) is 122 Å². The largest absolute Gasteiger partial charge is 0.458 e. The van der Waals surface area contributed by atoms with Crippen molar-refractivity contribution in [1.29, 1.82) is 0 Å². The molecule has 0 spiro atoms. The zero-order valence-electron chi connectivity index (χ0n) is 24.0. The van der Waals surface area contributed by atoms with E-state index in [9.17, 15) is 24.0 Å². The van der Waals surface area contributed by atoms with Crippen LogP contribution in [0.25, 0.3) is 0 Å². The summed E-state index contributed by atoms with van der Waals surface area (Å²) in [5.41, 5.74) is 0.991. The van der Waals surface area contributed by atoms with E-state index in [0.717, 1.165) is 62.9 Å². The highest BCUT2D eigenvalue weighted by atomic mass is 16.6. The Morgan fingerprint density at radius 3 is 2.37 bits per heavy atom. The van der Waals surface area contributed by atoms with Crippen LogP contribution in [0.1, 0.15) is 54.3 Å². The number of hydrogen-bond donors (Lipinski definition) is 1. The molecule has 5 rings (SSSR count). The number of rotatable bonds is 9. The third kappa shape index (κ3) is 6.77. The van der Waals surface area contributed by atoms with Gasteiger partial charge in [-0.1, -0.05) is 0 Å². The van der Waals surface area contributed by atoms with E-state index in [2.05, 4.69) is 20.0 Å². The summed E-state index contributed by atoms with van der Waals surface area (Å²) in [5, 5.41) is 2.23. The highest BCUT2D eigenvalue weighted by molar-refractivity contribution is 6.23. The van der Waals surface area contributed by atoms with E-state index < -0.39 is 29.4 Å². The van der Waals surface area contributed by atoms with Gasteiger partial charge in [0, 0.05) is 64.5 Å². The van der Waals surface area contributed by atoms with Crippen molar-refractivity contribution in [3.05, 3.63) is 29.3 Å². The Hall–Kier alpha value is -3.35. The molecule has 12 nitrogen and oxygen atoms in total. The number of nitrogens with zero attached hydrogens (tertiary/aromatic N) is 4. The Labute approximate surface area is 239 Å². The average Bonchev–Trinajstić information content (AvgIpc) is 3.13. The third-order valence-electron chi connectivity index (χ3n) is 7.90. The fraction of sp³-hybridized carbons (Fsp3) is 0.621. The quantitative estimate of drug-likeness (QED) is 0.255. The summed E-state index contributed by atoms with van der Waals surface area (Å²) in [6.45, 7) is 13.3. The second-order valence-corrected chi connectivity index (χ2v) is 12.2. The molecule has 4 aliphatic rings. The van der Waals surface area contributed by atoms with Crippen LogP contribution in [0.2, 0.25) is 0 Å². The first-order chi connectivity index (χ1) is 19.5. The van der Waals surface area contributed by atoms with Gasteiger partial charge in [0.25, 0.3) is 11.8 Å². The Balaban J connectivity index is 1.04. The van der Waals surface area contributed by atoms with Gasteiger partial charge < -0.3 is 19.3 Å². The van der Waals surface area contributed by atoms with Gasteiger partial charge in [-0.2, -0.15) is 0 Å². The molecule has 41 heavy (non-hydrogen) atoms. The van der Waals surface area contributed by atoms with E-state index in [1.807, 2.05) is 26.8 Å². The fourth-order valence-corrected chi connectivity index (χ4v) is 5.90. The second-order valence-electron chi connectivity index (χ2n) is 12.2. The summed E-state index contributed by atoms with van der Waals surface area (Å²) in [7, 11) is 0. The Bertz CT molecular complexity index is 1210. The highest BCUT2D eigenvalue weighted by Gasteiger charge is 2.44. The Kier molecular flexibility index (Phi) is 8.44. The van der Waals surface area contributed by atoms with Gasteiger partial charge in [-0.25, -0.2) is 4.79 Å². The van der Waals surface area contributed by atoms with E-state index in [1.165, 1.54) is 0 Å². The zero-order chi connectivity index (χ0) is 29.3. The molecule has 1 N–H and O–H groups in total. The van der Waals surface area contributed by atoms with E-state index in [0.29, 0.717) is 23.7 Å². The number of benzene rings is 1. The SMILES string of the molecule is CC(C)(C)OC(=O)COCCN1CC(CN2CCN(c3ccc4c(c3)C(=O)N(C3CCC(=O)NC3=O)C4=O)CC2)C1. The van der Waals surface area contributed by atoms with Crippen molar-refractivity contribution in [2.24, 2.45) is 5.92 Å². The number of anilines is 1. The minimum absolute atomic E-state index is 0.0222. The number of piperidine rings is 1. The molecular formula is C29H39N5O7. The van der Waals surface area contributed by atoms with Crippen LogP contribution >= 0.6 is 0 Å². The number of ether oxygens (including phenoxy) is 2. The minimum atomic E-state index is -0.959. The average molecular weight is 570 g/mol. The van der Waals surface area contributed by atoms with Gasteiger partial charge in [0.15, 0.2) is 0 Å². The molecule has 4 amide bonds. The summed E-state index contributed by atoms with van der Waals surface area (Å²) in [5.74, 6) is -1.69. The number of nitrogens with one attached hydrogen (secondary N) is 1. The number of likely N-dealkylation sites (tertiary alicyclic amines) is 1. The topological polar surface area (TPSA) is 129 Å². The summed E-state index contributed by atoms with van der Waals surface area (Å²) >= 11 is 0. The molecular weight excluding hydrogens is 530 g/mol. The molecule has 0 radical (unpaired) electrons. The van der Waals surface area contributed by atoms with Crippen LogP contribution in [0.4, 0.5) is 5.69 Å². The van der Waals surface area contributed by atoms with Crippen molar-refractivity contribution in [2.45, 2.75) is 45.3 Å². The second kappa shape index (κ2) is 11.9. The van der Waals surface area contributed by atoms with E-state index >= 15 is 0 Å². The van der Waals surface area contributed by atoms with Crippen molar-refractivity contribution >= 4 is 35.3 Å². The van der Waals surface area contributed by atoms with E-state index in [-0.39, 0.29) is 31.3 Å². The van der Waals surface area contributed by atoms with Crippen molar-refractivity contribution < 1.29 is 33.4 Å². The van der Waals surface area contributed by atoms with E-state index in [1.54, 1.807) is 12.1 Å². The van der Waals surface area contributed by atoms with Crippen molar-refractivity contribution in [2.75, 3.05) is 70.5 Å². The predicted molar refractivity (Wildman–Crippen MR) is 148 cm³/mol. The molecule has 222 valence electrons. The Morgan fingerprint density at radius 1 is 0.976 bits per heavy atom. The number of imide groups is 2. The van der Waals surface area contributed by atoms with Crippen molar-refractivity contribution in [3.63, 3.8) is 0 Å². The molecule has 0 aromatic heterocycles.